The highest BCUT2D eigenvalue weighted by Crippen LogP contribution is 2.32. The largest absolute Gasteiger partial charge is 0.274 e. The van der Waals surface area contributed by atoms with Crippen LogP contribution in [0, 0.1) is 39.0 Å². The zero-order valence-corrected chi connectivity index (χ0v) is 18.6. The van der Waals surface area contributed by atoms with Gasteiger partial charge < -0.3 is 0 Å². The molecule has 0 saturated heterocycles. The van der Waals surface area contributed by atoms with E-state index in [9.17, 15) is 10.1 Å². The van der Waals surface area contributed by atoms with Crippen molar-refractivity contribution in [3.05, 3.63) is 57.5 Å². The zero-order chi connectivity index (χ0) is 21.1. The molecule has 1 aromatic carbocycles. The van der Waals surface area contributed by atoms with Gasteiger partial charge in [-0.2, -0.15) is 5.26 Å². The maximum absolute atomic E-state index is 12.3. The molecule has 0 saturated carbocycles. The Morgan fingerprint density at radius 3 is 2.59 bits per heavy atom. The molecule has 3 aromatic rings. The van der Waals surface area contributed by atoms with Crippen LogP contribution in [0.15, 0.2) is 28.6 Å². The lowest BCUT2D eigenvalue weighted by Crippen LogP contribution is -2.22. The van der Waals surface area contributed by atoms with Crippen LogP contribution in [0.2, 0.25) is 0 Å². The second kappa shape index (κ2) is 8.72. The highest BCUT2D eigenvalue weighted by Gasteiger charge is 2.19. The third-order valence-electron chi connectivity index (χ3n) is 4.43. The summed E-state index contributed by atoms with van der Waals surface area (Å²) >= 11 is 2.88. The third kappa shape index (κ3) is 4.63. The van der Waals surface area contributed by atoms with Crippen molar-refractivity contribution < 1.29 is 4.79 Å². The Bertz CT molecular complexity index is 1120. The Morgan fingerprint density at radius 1 is 1.17 bits per heavy atom. The number of carbonyl (C=O) groups is 1. The molecule has 0 spiro atoms. The fourth-order valence-corrected chi connectivity index (χ4v) is 4.77. The molecule has 0 atom stereocenters. The lowest BCUT2D eigenvalue weighted by molar-refractivity contribution is -0.115. The summed E-state index contributed by atoms with van der Waals surface area (Å²) in [5, 5.41) is 12.6. The second-order valence-corrected chi connectivity index (χ2v) is 8.48. The summed E-state index contributed by atoms with van der Waals surface area (Å²) in [4.78, 5) is 27.2. The van der Waals surface area contributed by atoms with Crippen LogP contribution in [0.1, 0.15) is 40.8 Å². The molecule has 0 aliphatic rings. The minimum absolute atomic E-state index is 0.0874. The highest BCUT2D eigenvalue weighted by atomic mass is 32.2. The van der Waals surface area contributed by atoms with Crippen LogP contribution >= 0.6 is 23.1 Å². The Morgan fingerprint density at radius 2 is 1.93 bits per heavy atom. The first-order valence-electron chi connectivity index (χ1n) is 9.00. The molecule has 8 heteroatoms. The summed E-state index contributed by atoms with van der Waals surface area (Å²) < 4.78 is 0. The Labute approximate surface area is 178 Å². The number of benzene rings is 1. The van der Waals surface area contributed by atoms with Crippen LogP contribution in [-0.4, -0.2) is 20.9 Å². The molecule has 0 N–H and O–H groups in total. The number of carbonyl (C=O) groups excluding carboxylic acids is 1. The molecule has 0 radical (unpaired) electrons. The molecule has 6 nitrogen and oxygen atoms in total. The van der Waals surface area contributed by atoms with E-state index >= 15 is 0 Å². The van der Waals surface area contributed by atoms with Crippen molar-refractivity contribution in [2.75, 3.05) is 4.90 Å². The van der Waals surface area contributed by atoms with E-state index in [1.165, 1.54) is 35.6 Å². The normalized spacial score (nSPS) is 10.6. The van der Waals surface area contributed by atoms with Crippen molar-refractivity contribution in [2.24, 2.45) is 0 Å². The summed E-state index contributed by atoms with van der Waals surface area (Å²) in [6, 6.07) is 8.12. The van der Waals surface area contributed by atoms with E-state index in [4.69, 9.17) is 0 Å². The predicted molar refractivity (Wildman–Crippen MR) is 117 cm³/mol. The molecule has 1 amide bonds. The fourth-order valence-electron chi connectivity index (χ4n) is 2.81. The van der Waals surface area contributed by atoms with Crippen molar-refractivity contribution >= 4 is 39.8 Å². The number of hydrogen-bond donors (Lipinski definition) is 0. The molecular weight excluding hydrogens is 402 g/mol. The lowest BCUT2D eigenvalue weighted by Gasteiger charge is -2.19. The van der Waals surface area contributed by atoms with E-state index in [1.54, 1.807) is 4.90 Å². The minimum Gasteiger partial charge on any atom is -0.274 e. The van der Waals surface area contributed by atoms with Gasteiger partial charge in [0.15, 0.2) is 5.13 Å². The number of thiazole rings is 1. The predicted octanol–water partition coefficient (Wildman–Crippen LogP) is 5.02. The van der Waals surface area contributed by atoms with Crippen LogP contribution in [0.4, 0.5) is 10.8 Å². The number of aryl methyl sites for hydroxylation is 4. The van der Waals surface area contributed by atoms with E-state index in [0.717, 1.165) is 16.9 Å². The van der Waals surface area contributed by atoms with Gasteiger partial charge in [-0.3, -0.25) is 9.69 Å². The number of nitriles is 1. The number of thioether (sulfide) groups is 1. The van der Waals surface area contributed by atoms with Crippen LogP contribution in [0.5, 0.6) is 0 Å². The van der Waals surface area contributed by atoms with Gasteiger partial charge in [0.05, 0.1) is 17.1 Å². The van der Waals surface area contributed by atoms with Gasteiger partial charge in [-0.15, -0.1) is 11.3 Å². The smallest absolute Gasteiger partial charge is 0.230 e. The topological polar surface area (TPSA) is 82.8 Å². The first-order valence-corrected chi connectivity index (χ1v) is 10.9. The molecule has 29 heavy (non-hydrogen) atoms. The number of rotatable bonds is 5. The molecule has 0 bridgehead atoms. The molecule has 0 fully saturated rings. The Balaban J connectivity index is 1.84. The van der Waals surface area contributed by atoms with Gasteiger partial charge >= 0.3 is 0 Å². The van der Waals surface area contributed by atoms with Crippen molar-refractivity contribution in [1.82, 2.24) is 15.0 Å². The Kier molecular flexibility index (Phi) is 6.30. The number of nitrogens with zero attached hydrogens (tertiary/aromatic N) is 5. The minimum atomic E-state index is -0.0874. The Hall–Kier alpha value is -2.76. The fraction of sp³-hybridized carbons (Fsp3) is 0.286. The molecule has 0 unspecified atom stereocenters. The first-order chi connectivity index (χ1) is 13.8. The van der Waals surface area contributed by atoms with Gasteiger partial charge in [0, 0.05) is 18.1 Å². The maximum Gasteiger partial charge on any atom is 0.230 e. The third-order valence-corrected chi connectivity index (χ3v) is 6.32. The number of anilines is 2. The van der Waals surface area contributed by atoms with E-state index in [1.807, 2.05) is 51.3 Å². The average molecular weight is 424 g/mol. The molecular formula is C21H21N5OS2. The lowest BCUT2D eigenvalue weighted by atomic mass is 10.1. The molecule has 2 heterocycles. The molecule has 148 valence electrons. The van der Waals surface area contributed by atoms with Gasteiger partial charge in [-0.25, -0.2) is 15.0 Å². The van der Waals surface area contributed by atoms with Gasteiger partial charge in [0.2, 0.25) is 5.91 Å². The highest BCUT2D eigenvalue weighted by molar-refractivity contribution is 7.98. The van der Waals surface area contributed by atoms with E-state index in [-0.39, 0.29) is 5.91 Å². The molecule has 3 rings (SSSR count). The van der Waals surface area contributed by atoms with E-state index in [2.05, 4.69) is 21.0 Å². The van der Waals surface area contributed by atoms with Crippen LogP contribution in [0.25, 0.3) is 0 Å². The number of hydrogen-bond acceptors (Lipinski definition) is 7. The molecule has 0 aliphatic carbocycles. The monoisotopic (exact) mass is 423 g/mol. The van der Waals surface area contributed by atoms with Crippen molar-refractivity contribution in [1.29, 1.82) is 5.26 Å². The summed E-state index contributed by atoms with van der Waals surface area (Å²) in [6.07, 6.45) is 0. The summed E-state index contributed by atoms with van der Waals surface area (Å²) in [6.45, 7) is 9.23. The van der Waals surface area contributed by atoms with Crippen molar-refractivity contribution in [3.63, 3.8) is 0 Å². The van der Waals surface area contributed by atoms with Crippen LogP contribution in [-0.2, 0) is 10.5 Å². The number of amides is 1. The van der Waals surface area contributed by atoms with E-state index in [0.29, 0.717) is 33.0 Å². The average Bonchev–Trinajstić information content (AvgIpc) is 3.11. The zero-order valence-electron chi connectivity index (χ0n) is 17.0. The maximum atomic E-state index is 12.3. The van der Waals surface area contributed by atoms with Crippen LogP contribution < -0.4 is 4.90 Å². The standard InChI is InChI=1S/C21H21N5OS2/c1-12-6-7-18(8-13(12)2)26(16(5)27)21-25-17(11-29-21)10-28-20-19(9-22)14(3)23-15(4)24-20/h6-8,11H,10H2,1-5H3. The van der Waals surface area contributed by atoms with Gasteiger partial charge in [-0.1, -0.05) is 17.8 Å². The number of aromatic nitrogens is 3. The van der Waals surface area contributed by atoms with Crippen molar-refractivity contribution in [2.45, 2.75) is 45.4 Å². The van der Waals surface area contributed by atoms with Crippen LogP contribution in [0.3, 0.4) is 0 Å². The summed E-state index contributed by atoms with van der Waals surface area (Å²) in [7, 11) is 0. The summed E-state index contributed by atoms with van der Waals surface area (Å²) in [5.74, 6) is 1.11. The van der Waals surface area contributed by atoms with Crippen molar-refractivity contribution in [3.8, 4) is 6.07 Å². The quantitative estimate of drug-likeness (QED) is 0.423. The molecule has 2 aromatic heterocycles. The van der Waals surface area contributed by atoms with Gasteiger partial charge in [0.25, 0.3) is 0 Å². The SMILES string of the molecule is CC(=O)N(c1ccc(C)c(C)c1)c1nc(CSc2nc(C)nc(C)c2C#N)cs1. The summed E-state index contributed by atoms with van der Waals surface area (Å²) in [5.41, 5.74) is 5.12. The second-order valence-electron chi connectivity index (χ2n) is 6.68. The molecule has 0 aliphatic heterocycles. The van der Waals surface area contributed by atoms with Gasteiger partial charge in [-0.05, 0) is 51.0 Å². The first kappa shape index (κ1) is 21.0. The van der Waals surface area contributed by atoms with Gasteiger partial charge in [0.1, 0.15) is 22.5 Å². The van der Waals surface area contributed by atoms with E-state index < -0.39 is 0 Å².